The number of hydrogen-bond acceptors (Lipinski definition) is 2. The molecule has 1 rings (SSSR count). The highest BCUT2D eigenvalue weighted by atomic mass is 19.4. The average Bonchev–Trinajstić information content (AvgIpc) is 2.24. The van der Waals surface area contributed by atoms with Gasteiger partial charge >= 0.3 is 12.5 Å². The zero-order valence-electron chi connectivity index (χ0n) is 8.91. The van der Waals surface area contributed by atoms with Crippen LogP contribution in [0.4, 0.5) is 18.0 Å². The van der Waals surface area contributed by atoms with E-state index in [1.54, 1.807) is 0 Å². The molecule has 0 spiro atoms. The second-order valence-corrected chi connectivity index (χ2v) is 3.03. The Balaban J connectivity index is 2.57. The van der Waals surface area contributed by atoms with Gasteiger partial charge in [-0.2, -0.15) is 0 Å². The molecule has 0 aliphatic heterocycles. The molecule has 4 nitrogen and oxygen atoms in total. The molecule has 0 aromatic heterocycles. The predicted molar refractivity (Wildman–Crippen MR) is 56.0 cm³/mol. The molecule has 0 bridgehead atoms. The largest absolute Gasteiger partial charge is 0.573 e. The first-order valence-corrected chi connectivity index (χ1v) is 4.68. The Morgan fingerprint density at radius 2 is 1.94 bits per heavy atom. The maximum Gasteiger partial charge on any atom is 0.573 e. The maximum absolute atomic E-state index is 11.9. The highest BCUT2D eigenvalue weighted by Crippen LogP contribution is 2.22. The molecule has 0 atom stereocenters. The summed E-state index contributed by atoms with van der Waals surface area (Å²) in [6.45, 7) is -0.0594. The Kier molecular flexibility index (Phi) is 4.43. The molecule has 0 saturated carbocycles. The number of amides is 1. The first-order chi connectivity index (χ1) is 8.37. The van der Waals surface area contributed by atoms with E-state index in [4.69, 9.17) is 5.11 Å². The fourth-order valence-electron chi connectivity index (χ4n) is 1.01. The van der Waals surface area contributed by atoms with Gasteiger partial charge in [-0.25, -0.2) is 4.79 Å². The monoisotopic (exact) mass is 259 g/mol. The average molecular weight is 259 g/mol. The normalized spacial score (nSPS) is 10.2. The number of ether oxygens (including phenoxy) is 1. The van der Waals surface area contributed by atoms with Crippen LogP contribution in [0, 0.1) is 11.8 Å². The van der Waals surface area contributed by atoms with Crippen molar-refractivity contribution >= 4 is 6.09 Å². The Bertz CT molecular complexity index is 471. The summed E-state index contributed by atoms with van der Waals surface area (Å²) in [6, 6.07) is 4.94. The van der Waals surface area contributed by atoms with Gasteiger partial charge in [-0.3, -0.25) is 0 Å². The standard InChI is InChI=1S/C11H8F3NO3/c12-11(13,14)18-9-5-3-8(4-6-9)2-1-7-15-10(16)17/h3-6,15H,7H2,(H,16,17). The van der Waals surface area contributed by atoms with E-state index in [0.29, 0.717) is 5.56 Å². The second-order valence-electron chi connectivity index (χ2n) is 3.03. The van der Waals surface area contributed by atoms with Crippen molar-refractivity contribution in [2.75, 3.05) is 6.54 Å². The van der Waals surface area contributed by atoms with Gasteiger partial charge in [0.05, 0.1) is 6.54 Å². The van der Waals surface area contributed by atoms with Gasteiger partial charge in [0.15, 0.2) is 0 Å². The number of halogens is 3. The molecule has 0 heterocycles. The number of carbonyl (C=O) groups is 1. The highest BCUT2D eigenvalue weighted by molar-refractivity contribution is 5.64. The summed E-state index contributed by atoms with van der Waals surface area (Å²) in [5, 5.41) is 10.3. The maximum atomic E-state index is 11.9. The lowest BCUT2D eigenvalue weighted by Crippen LogP contribution is -2.20. The number of nitrogens with one attached hydrogen (secondary N) is 1. The summed E-state index contributed by atoms with van der Waals surface area (Å²) in [4.78, 5) is 10.1. The second kappa shape index (κ2) is 5.82. The first kappa shape index (κ1) is 13.7. The number of rotatable bonds is 2. The van der Waals surface area contributed by atoms with Gasteiger partial charge in [-0.05, 0) is 24.3 Å². The lowest BCUT2D eigenvalue weighted by atomic mass is 10.2. The molecule has 0 aliphatic rings. The van der Waals surface area contributed by atoms with Crippen molar-refractivity contribution in [3.8, 4) is 17.6 Å². The van der Waals surface area contributed by atoms with Gasteiger partial charge in [0.25, 0.3) is 0 Å². The SMILES string of the molecule is O=C(O)NCC#Cc1ccc(OC(F)(F)F)cc1. The Hall–Kier alpha value is -2.36. The van der Waals surface area contributed by atoms with E-state index < -0.39 is 12.5 Å². The third kappa shape index (κ3) is 5.65. The third-order valence-corrected chi connectivity index (χ3v) is 1.65. The van der Waals surface area contributed by atoms with Gasteiger partial charge in [0.1, 0.15) is 5.75 Å². The molecule has 0 radical (unpaired) electrons. The van der Waals surface area contributed by atoms with E-state index in [1.165, 1.54) is 12.1 Å². The molecule has 18 heavy (non-hydrogen) atoms. The zero-order chi connectivity index (χ0) is 13.6. The van der Waals surface area contributed by atoms with Crippen molar-refractivity contribution in [1.29, 1.82) is 0 Å². The summed E-state index contributed by atoms with van der Waals surface area (Å²) in [5.74, 6) is 4.74. The van der Waals surface area contributed by atoms with Gasteiger partial charge < -0.3 is 15.2 Å². The molecule has 0 unspecified atom stereocenters. The quantitative estimate of drug-likeness (QED) is 0.800. The van der Waals surface area contributed by atoms with Crippen molar-refractivity contribution in [3.05, 3.63) is 29.8 Å². The predicted octanol–water partition coefficient (Wildman–Crippen LogP) is 2.20. The van der Waals surface area contributed by atoms with E-state index in [9.17, 15) is 18.0 Å². The van der Waals surface area contributed by atoms with E-state index >= 15 is 0 Å². The summed E-state index contributed by atoms with van der Waals surface area (Å²) < 4.78 is 39.2. The Labute approximate surface area is 100 Å². The van der Waals surface area contributed by atoms with Crippen LogP contribution in [0.1, 0.15) is 5.56 Å². The van der Waals surface area contributed by atoms with E-state index in [2.05, 4.69) is 16.6 Å². The summed E-state index contributed by atoms with van der Waals surface area (Å²) in [7, 11) is 0. The summed E-state index contributed by atoms with van der Waals surface area (Å²) >= 11 is 0. The first-order valence-electron chi connectivity index (χ1n) is 4.68. The van der Waals surface area contributed by atoms with Crippen LogP contribution in [0.5, 0.6) is 5.75 Å². The van der Waals surface area contributed by atoms with Crippen LogP contribution in [0.15, 0.2) is 24.3 Å². The van der Waals surface area contributed by atoms with Crippen molar-refractivity contribution in [2.24, 2.45) is 0 Å². The minimum atomic E-state index is -4.72. The minimum Gasteiger partial charge on any atom is -0.465 e. The summed E-state index contributed by atoms with van der Waals surface area (Å²) in [5.41, 5.74) is 0.455. The fourth-order valence-corrected chi connectivity index (χ4v) is 1.01. The molecule has 96 valence electrons. The van der Waals surface area contributed by atoms with Crippen LogP contribution in [0.2, 0.25) is 0 Å². The number of alkyl halides is 3. The van der Waals surface area contributed by atoms with Crippen LogP contribution in [-0.4, -0.2) is 24.1 Å². The summed E-state index contributed by atoms with van der Waals surface area (Å²) in [6.07, 6.45) is -5.92. The topological polar surface area (TPSA) is 58.6 Å². The van der Waals surface area contributed by atoms with Crippen molar-refractivity contribution < 1.29 is 27.8 Å². The third-order valence-electron chi connectivity index (χ3n) is 1.65. The van der Waals surface area contributed by atoms with Crippen molar-refractivity contribution in [1.82, 2.24) is 5.32 Å². The van der Waals surface area contributed by atoms with Crippen LogP contribution >= 0.6 is 0 Å². The van der Waals surface area contributed by atoms with Crippen LogP contribution < -0.4 is 10.1 Å². The molecular formula is C11H8F3NO3. The number of hydrogen-bond donors (Lipinski definition) is 2. The highest BCUT2D eigenvalue weighted by Gasteiger charge is 2.30. The zero-order valence-corrected chi connectivity index (χ0v) is 8.91. The number of benzene rings is 1. The molecule has 1 aromatic rings. The van der Waals surface area contributed by atoms with E-state index in [1.807, 2.05) is 5.32 Å². The van der Waals surface area contributed by atoms with Crippen molar-refractivity contribution in [3.63, 3.8) is 0 Å². The van der Waals surface area contributed by atoms with Crippen LogP contribution in [0.3, 0.4) is 0 Å². The molecule has 0 saturated heterocycles. The molecule has 1 amide bonds. The van der Waals surface area contributed by atoms with Gasteiger partial charge in [0, 0.05) is 5.56 Å². The molecule has 0 fully saturated rings. The smallest absolute Gasteiger partial charge is 0.465 e. The molecular weight excluding hydrogens is 251 g/mol. The lowest BCUT2D eigenvalue weighted by Gasteiger charge is -2.07. The number of carboxylic acid groups (broad SMARTS) is 1. The Morgan fingerprint density at radius 1 is 1.33 bits per heavy atom. The van der Waals surface area contributed by atoms with Gasteiger partial charge in [0.2, 0.25) is 0 Å². The van der Waals surface area contributed by atoms with E-state index in [0.717, 1.165) is 12.1 Å². The van der Waals surface area contributed by atoms with Crippen LogP contribution in [-0.2, 0) is 0 Å². The van der Waals surface area contributed by atoms with Gasteiger partial charge in [-0.1, -0.05) is 11.8 Å². The fraction of sp³-hybridized carbons (Fsp3) is 0.182. The molecule has 1 aromatic carbocycles. The van der Waals surface area contributed by atoms with Gasteiger partial charge in [-0.15, -0.1) is 13.2 Å². The Morgan fingerprint density at radius 3 is 2.44 bits per heavy atom. The molecule has 2 N–H and O–H groups in total. The van der Waals surface area contributed by atoms with Crippen molar-refractivity contribution in [2.45, 2.75) is 6.36 Å². The lowest BCUT2D eigenvalue weighted by molar-refractivity contribution is -0.274. The minimum absolute atomic E-state index is 0.0594. The van der Waals surface area contributed by atoms with Crippen LogP contribution in [0.25, 0.3) is 0 Å². The molecule has 7 heteroatoms. The molecule has 0 aliphatic carbocycles. The van der Waals surface area contributed by atoms with E-state index in [-0.39, 0.29) is 12.3 Å².